The highest BCUT2D eigenvalue weighted by atomic mass is 16.6. The van der Waals surface area contributed by atoms with E-state index in [1.54, 1.807) is 0 Å². The van der Waals surface area contributed by atoms with E-state index in [2.05, 4.69) is 24.5 Å². The number of piperidine rings is 1. The van der Waals surface area contributed by atoms with E-state index >= 15 is 0 Å². The van der Waals surface area contributed by atoms with Gasteiger partial charge in [-0.1, -0.05) is 18.2 Å². The largest absolute Gasteiger partial charge is 0.457 e. The minimum absolute atomic E-state index is 0.0639. The Bertz CT molecular complexity index is 1530. The number of likely N-dealkylation sites (tertiary alicyclic amines) is 1. The van der Waals surface area contributed by atoms with Crippen molar-refractivity contribution < 1.29 is 23.8 Å². The van der Waals surface area contributed by atoms with Crippen molar-refractivity contribution in [1.82, 2.24) is 29.5 Å². The molecule has 4 heterocycles. The molecule has 224 valence electrons. The summed E-state index contributed by atoms with van der Waals surface area (Å²) in [5.41, 5.74) is 8.69. The fourth-order valence-electron chi connectivity index (χ4n) is 5.94. The number of hydrogen-bond donors (Lipinski definition) is 1. The van der Waals surface area contributed by atoms with E-state index in [-0.39, 0.29) is 25.0 Å². The standard InChI is InChI=1S/C31H35N7O5/c32-30-28-29(22-6-8-26(9-7-22)43-25-4-2-1-3-5-25)35-38(31(28)34-20-33-30)23-10-12-37(13-11-23)24(18-27(40)42-21-39)19-36-14-16-41-17-15-36/h1-9,20-21,23-24H,10-19H2,(H2,32,33,34). The molecule has 12 nitrogen and oxygen atoms in total. The Labute approximate surface area is 249 Å². The number of nitrogen functional groups attached to an aromatic ring is 1. The third-order valence-corrected chi connectivity index (χ3v) is 8.14. The van der Waals surface area contributed by atoms with Crippen LogP contribution in [-0.4, -0.2) is 94.0 Å². The van der Waals surface area contributed by atoms with Gasteiger partial charge >= 0.3 is 12.4 Å². The van der Waals surface area contributed by atoms with Gasteiger partial charge in [-0.2, -0.15) is 5.10 Å². The number of carbonyl (C=O) groups is 2. The van der Waals surface area contributed by atoms with Crippen molar-refractivity contribution in [3.8, 4) is 22.8 Å². The number of ether oxygens (including phenoxy) is 3. The second-order valence-corrected chi connectivity index (χ2v) is 10.8. The number of fused-ring (bicyclic) bond motifs is 1. The molecule has 12 heteroatoms. The third kappa shape index (κ3) is 6.66. The number of anilines is 1. The van der Waals surface area contributed by atoms with Crippen LogP contribution < -0.4 is 10.5 Å². The Balaban J connectivity index is 1.20. The number of aromatic nitrogens is 4. The molecule has 4 aromatic rings. The van der Waals surface area contributed by atoms with Crippen LogP contribution in [0.2, 0.25) is 0 Å². The van der Waals surface area contributed by atoms with Crippen molar-refractivity contribution >= 4 is 29.3 Å². The third-order valence-electron chi connectivity index (χ3n) is 8.14. The molecule has 0 bridgehead atoms. The number of carbonyl (C=O) groups excluding carboxylic acids is 2. The lowest BCUT2D eigenvalue weighted by atomic mass is 10.0. The van der Waals surface area contributed by atoms with Gasteiger partial charge in [0.15, 0.2) is 5.65 Å². The number of morpholine rings is 1. The number of nitrogens with zero attached hydrogens (tertiary/aromatic N) is 6. The van der Waals surface area contributed by atoms with Gasteiger partial charge in [-0.3, -0.25) is 19.4 Å². The minimum atomic E-state index is -0.509. The van der Waals surface area contributed by atoms with Crippen LogP contribution >= 0.6 is 0 Å². The van der Waals surface area contributed by atoms with Crippen molar-refractivity contribution in [3.05, 3.63) is 60.9 Å². The maximum absolute atomic E-state index is 12.3. The van der Waals surface area contributed by atoms with Gasteiger partial charge in [0.2, 0.25) is 0 Å². The number of benzene rings is 2. The zero-order chi connectivity index (χ0) is 29.6. The van der Waals surface area contributed by atoms with Crippen molar-refractivity contribution in [3.63, 3.8) is 0 Å². The number of rotatable bonds is 10. The molecule has 43 heavy (non-hydrogen) atoms. The van der Waals surface area contributed by atoms with E-state index in [4.69, 9.17) is 20.3 Å². The SMILES string of the molecule is Nc1ncnc2c1c(-c1ccc(Oc3ccccc3)cc1)nn2C1CCN(C(CC(=O)OC=O)CN2CCOCC2)CC1. The minimum Gasteiger partial charge on any atom is -0.457 e. The fourth-order valence-corrected chi connectivity index (χ4v) is 5.94. The summed E-state index contributed by atoms with van der Waals surface area (Å²) in [5.74, 6) is 1.36. The Kier molecular flexibility index (Phi) is 8.87. The van der Waals surface area contributed by atoms with Gasteiger partial charge in [0, 0.05) is 44.3 Å². The lowest BCUT2D eigenvalue weighted by molar-refractivity contribution is -0.152. The smallest absolute Gasteiger partial charge is 0.314 e. The molecule has 2 aliphatic rings. The monoisotopic (exact) mass is 585 g/mol. The molecule has 2 fully saturated rings. The molecular weight excluding hydrogens is 550 g/mol. The topological polar surface area (TPSA) is 138 Å². The predicted octanol–water partition coefficient (Wildman–Crippen LogP) is 3.30. The van der Waals surface area contributed by atoms with Crippen molar-refractivity contribution in [1.29, 1.82) is 0 Å². The van der Waals surface area contributed by atoms with Gasteiger partial charge in [-0.15, -0.1) is 0 Å². The fraction of sp³-hybridized carbons (Fsp3) is 0.387. The first-order valence-corrected chi connectivity index (χ1v) is 14.6. The normalized spacial score (nSPS) is 17.5. The van der Waals surface area contributed by atoms with E-state index in [1.165, 1.54) is 6.33 Å². The summed E-state index contributed by atoms with van der Waals surface area (Å²) in [5, 5.41) is 5.76. The summed E-state index contributed by atoms with van der Waals surface area (Å²) >= 11 is 0. The highest BCUT2D eigenvalue weighted by molar-refractivity contribution is 5.98. The van der Waals surface area contributed by atoms with Crippen LogP contribution in [0.3, 0.4) is 0 Å². The molecule has 2 saturated heterocycles. The molecule has 0 saturated carbocycles. The van der Waals surface area contributed by atoms with E-state index in [1.807, 2.05) is 59.3 Å². The van der Waals surface area contributed by atoms with Crippen molar-refractivity contribution in [2.24, 2.45) is 0 Å². The van der Waals surface area contributed by atoms with Crippen molar-refractivity contribution in [2.45, 2.75) is 31.3 Å². The maximum atomic E-state index is 12.3. The number of esters is 1. The molecule has 0 radical (unpaired) electrons. The van der Waals surface area contributed by atoms with Gasteiger partial charge in [0.1, 0.15) is 29.3 Å². The van der Waals surface area contributed by atoms with E-state index in [0.717, 1.165) is 67.2 Å². The molecule has 0 spiro atoms. The van der Waals surface area contributed by atoms with Gasteiger partial charge in [0.25, 0.3) is 0 Å². The second-order valence-electron chi connectivity index (χ2n) is 10.8. The summed E-state index contributed by atoms with van der Waals surface area (Å²) < 4.78 is 18.1. The average molecular weight is 586 g/mol. The van der Waals surface area contributed by atoms with Crippen LogP contribution in [0.15, 0.2) is 60.9 Å². The van der Waals surface area contributed by atoms with Crippen LogP contribution in [0.5, 0.6) is 11.5 Å². The van der Waals surface area contributed by atoms with Crippen LogP contribution in [0.1, 0.15) is 25.3 Å². The molecule has 0 amide bonds. The predicted molar refractivity (Wildman–Crippen MR) is 159 cm³/mol. The Morgan fingerprint density at radius 3 is 2.44 bits per heavy atom. The first kappa shape index (κ1) is 28.7. The Morgan fingerprint density at radius 1 is 1.00 bits per heavy atom. The van der Waals surface area contributed by atoms with Crippen LogP contribution in [0.25, 0.3) is 22.3 Å². The molecule has 2 aromatic heterocycles. The number of nitrogens with two attached hydrogens (primary N) is 1. The summed E-state index contributed by atoms with van der Waals surface area (Å²) in [6, 6.07) is 17.4. The summed E-state index contributed by atoms with van der Waals surface area (Å²) in [7, 11) is 0. The molecule has 2 N–H and O–H groups in total. The average Bonchev–Trinajstić information content (AvgIpc) is 3.43. The van der Waals surface area contributed by atoms with Crippen molar-refractivity contribution in [2.75, 3.05) is 51.7 Å². The molecule has 2 aliphatic heterocycles. The lowest BCUT2D eigenvalue weighted by Crippen LogP contribution is -2.50. The summed E-state index contributed by atoms with van der Waals surface area (Å²) in [6.45, 7) is 5.43. The van der Waals surface area contributed by atoms with Gasteiger partial charge < -0.3 is 19.9 Å². The first-order chi connectivity index (χ1) is 21.1. The molecule has 1 atom stereocenters. The Morgan fingerprint density at radius 2 is 1.72 bits per heavy atom. The van der Waals surface area contributed by atoms with Crippen LogP contribution in [0, 0.1) is 0 Å². The van der Waals surface area contributed by atoms with Gasteiger partial charge in [0.05, 0.1) is 31.1 Å². The van der Waals surface area contributed by atoms with Gasteiger partial charge in [-0.25, -0.2) is 14.6 Å². The summed E-state index contributed by atoms with van der Waals surface area (Å²) in [4.78, 5) is 36.5. The van der Waals surface area contributed by atoms with Gasteiger partial charge in [-0.05, 0) is 49.2 Å². The highest BCUT2D eigenvalue weighted by Gasteiger charge is 2.31. The molecule has 2 aromatic carbocycles. The highest BCUT2D eigenvalue weighted by Crippen LogP contribution is 2.35. The molecule has 1 unspecified atom stereocenters. The zero-order valence-corrected chi connectivity index (χ0v) is 23.9. The van der Waals surface area contributed by atoms with E-state index in [0.29, 0.717) is 31.2 Å². The molecule has 0 aliphatic carbocycles. The summed E-state index contributed by atoms with van der Waals surface area (Å²) in [6.07, 6.45) is 3.25. The molecule has 6 rings (SSSR count). The van der Waals surface area contributed by atoms with E-state index in [9.17, 15) is 9.59 Å². The van der Waals surface area contributed by atoms with E-state index < -0.39 is 5.97 Å². The lowest BCUT2D eigenvalue weighted by Gasteiger charge is -2.40. The first-order valence-electron chi connectivity index (χ1n) is 14.6. The second kappa shape index (κ2) is 13.3. The quantitative estimate of drug-likeness (QED) is 0.167. The Hall–Kier alpha value is -4.39. The number of hydrogen-bond acceptors (Lipinski definition) is 11. The zero-order valence-electron chi connectivity index (χ0n) is 23.9. The van der Waals surface area contributed by atoms with Crippen LogP contribution in [0.4, 0.5) is 5.82 Å². The number of para-hydroxylation sites is 1. The van der Waals surface area contributed by atoms with Crippen LogP contribution in [-0.2, 0) is 19.1 Å². The maximum Gasteiger partial charge on any atom is 0.314 e. The molecular formula is C31H35N7O5.